The van der Waals surface area contributed by atoms with Crippen LogP contribution in [-0.4, -0.2) is 67.0 Å². The summed E-state index contributed by atoms with van der Waals surface area (Å²) in [7, 11) is 0. The standard InChI is InChI=1S/C17H22N12S/c30-8-6-4-2-1-3-5-7-29-11-15(19-28-29)12-9-13(16-20-24-25-21-16)18-14(10-12)17-22-26-27-23-17/h9-11,30H,1-8H2,(H,20,21,24,25)(H,22,23,26,27). The molecular formula is C17H22N12S. The molecule has 0 aliphatic heterocycles. The Balaban J connectivity index is 1.47. The first kappa shape index (κ1) is 20.1. The molecule has 30 heavy (non-hydrogen) atoms. The molecule has 2 N–H and O–H groups in total. The second-order valence-corrected chi connectivity index (χ2v) is 7.26. The molecular weight excluding hydrogens is 404 g/mol. The maximum Gasteiger partial charge on any atom is 0.223 e. The van der Waals surface area contributed by atoms with Crippen molar-refractivity contribution in [1.82, 2.24) is 61.2 Å². The molecule has 12 nitrogen and oxygen atoms in total. The molecule has 0 saturated carbocycles. The van der Waals surface area contributed by atoms with Crippen LogP contribution in [-0.2, 0) is 6.54 Å². The number of H-pyrrole nitrogens is 2. The van der Waals surface area contributed by atoms with Crippen LogP contribution in [0.4, 0.5) is 0 Å². The van der Waals surface area contributed by atoms with Crippen molar-refractivity contribution in [3.8, 4) is 34.3 Å². The Morgan fingerprint density at radius 2 is 1.40 bits per heavy atom. The van der Waals surface area contributed by atoms with E-state index in [1.807, 2.05) is 23.0 Å². The van der Waals surface area contributed by atoms with Crippen LogP contribution in [0.5, 0.6) is 0 Å². The van der Waals surface area contributed by atoms with Crippen molar-refractivity contribution in [2.45, 2.75) is 45.1 Å². The Kier molecular flexibility index (Phi) is 6.69. The molecule has 4 heterocycles. The monoisotopic (exact) mass is 426 g/mol. The number of thiol groups is 1. The van der Waals surface area contributed by atoms with Crippen molar-refractivity contribution >= 4 is 12.6 Å². The number of aromatic amines is 2. The molecule has 0 aromatic carbocycles. The van der Waals surface area contributed by atoms with Gasteiger partial charge in [-0.25, -0.2) is 4.98 Å². The van der Waals surface area contributed by atoms with Crippen molar-refractivity contribution in [2.24, 2.45) is 0 Å². The highest BCUT2D eigenvalue weighted by atomic mass is 32.1. The Labute approximate surface area is 177 Å². The van der Waals surface area contributed by atoms with Gasteiger partial charge >= 0.3 is 0 Å². The van der Waals surface area contributed by atoms with Gasteiger partial charge in [0.2, 0.25) is 11.6 Å². The van der Waals surface area contributed by atoms with Crippen LogP contribution in [0.1, 0.15) is 38.5 Å². The summed E-state index contributed by atoms with van der Waals surface area (Å²) < 4.78 is 1.87. The molecule has 0 radical (unpaired) electrons. The zero-order valence-corrected chi connectivity index (χ0v) is 17.2. The summed E-state index contributed by atoms with van der Waals surface area (Å²) in [5.74, 6) is 1.71. The number of pyridine rings is 1. The smallest absolute Gasteiger partial charge is 0.223 e. The fourth-order valence-electron chi connectivity index (χ4n) is 3.08. The van der Waals surface area contributed by atoms with E-state index in [1.165, 1.54) is 32.1 Å². The molecule has 4 aromatic rings. The van der Waals surface area contributed by atoms with E-state index in [-0.39, 0.29) is 0 Å². The average molecular weight is 427 g/mol. The van der Waals surface area contributed by atoms with E-state index in [2.05, 4.69) is 69.2 Å². The predicted octanol–water partition coefficient (Wildman–Crippen LogP) is 1.97. The summed E-state index contributed by atoms with van der Waals surface area (Å²) in [6.45, 7) is 0.833. The van der Waals surface area contributed by atoms with E-state index in [4.69, 9.17) is 0 Å². The minimum absolute atomic E-state index is 0.368. The number of rotatable bonds is 11. The molecule has 4 rings (SSSR count). The summed E-state index contributed by atoms with van der Waals surface area (Å²) in [6, 6.07) is 3.68. The summed E-state index contributed by atoms with van der Waals surface area (Å²) in [5, 5.41) is 36.7. The molecule has 0 saturated heterocycles. The van der Waals surface area contributed by atoms with Crippen LogP contribution in [0.25, 0.3) is 34.3 Å². The minimum Gasteiger partial charge on any atom is -0.252 e. The quantitative estimate of drug-likeness (QED) is 0.241. The maximum atomic E-state index is 4.51. The van der Waals surface area contributed by atoms with E-state index in [1.54, 1.807) is 0 Å². The van der Waals surface area contributed by atoms with Gasteiger partial charge in [-0.05, 0) is 41.2 Å². The lowest BCUT2D eigenvalue weighted by Gasteiger charge is -2.03. The number of nitrogens with one attached hydrogen (secondary N) is 2. The molecule has 0 amide bonds. The zero-order valence-electron chi connectivity index (χ0n) is 16.3. The SMILES string of the molecule is SCCCCCCCCn1cc(-c2cc(-c3nn[nH]n3)nc(-c3nn[nH]n3)c2)nn1. The van der Waals surface area contributed by atoms with Gasteiger partial charge in [0.25, 0.3) is 0 Å². The Morgan fingerprint density at radius 1 is 0.767 bits per heavy atom. The van der Waals surface area contributed by atoms with Gasteiger partial charge in [-0.3, -0.25) is 4.68 Å². The summed E-state index contributed by atoms with van der Waals surface area (Å²) in [5.41, 5.74) is 2.58. The van der Waals surface area contributed by atoms with Gasteiger partial charge in [-0.1, -0.05) is 30.9 Å². The number of hydrogen-bond donors (Lipinski definition) is 3. The molecule has 0 aliphatic carbocycles. The first-order chi connectivity index (χ1) is 14.8. The first-order valence-electron chi connectivity index (χ1n) is 9.84. The van der Waals surface area contributed by atoms with Crippen LogP contribution < -0.4 is 0 Å². The van der Waals surface area contributed by atoms with E-state index in [0.717, 1.165) is 30.0 Å². The Bertz CT molecular complexity index is 975. The number of hydrogen-bond acceptors (Lipinski definition) is 10. The van der Waals surface area contributed by atoms with Crippen molar-refractivity contribution in [2.75, 3.05) is 5.75 Å². The Morgan fingerprint density at radius 3 is 2.00 bits per heavy atom. The topological polar surface area (TPSA) is 153 Å². The largest absolute Gasteiger partial charge is 0.252 e. The molecule has 0 bridgehead atoms. The fraction of sp³-hybridized carbons (Fsp3) is 0.471. The highest BCUT2D eigenvalue weighted by Crippen LogP contribution is 2.26. The van der Waals surface area contributed by atoms with Crippen LogP contribution in [0.15, 0.2) is 18.3 Å². The van der Waals surface area contributed by atoms with Crippen LogP contribution in [0.3, 0.4) is 0 Å². The van der Waals surface area contributed by atoms with Gasteiger partial charge in [-0.15, -0.1) is 25.5 Å². The molecule has 13 heteroatoms. The van der Waals surface area contributed by atoms with Crippen molar-refractivity contribution in [3.05, 3.63) is 18.3 Å². The lowest BCUT2D eigenvalue weighted by atomic mass is 10.1. The van der Waals surface area contributed by atoms with Gasteiger partial charge in [0, 0.05) is 12.1 Å². The average Bonchev–Trinajstić information content (AvgIpc) is 3.55. The van der Waals surface area contributed by atoms with Crippen LogP contribution in [0, 0.1) is 0 Å². The lowest BCUT2D eigenvalue weighted by Crippen LogP contribution is -1.98. The van der Waals surface area contributed by atoms with Gasteiger partial charge < -0.3 is 0 Å². The number of aromatic nitrogens is 12. The first-order valence-corrected chi connectivity index (χ1v) is 10.5. The molecule has 0 unspecified atom stereocenters. The third-order valence-electron chi connectivity index (χ3n) is 4.60. The van der Waals surface area contributed by atoms with Crippen molar-refractivity contribution in [1.29, 1.82) is 0 Å². The highest BCUT2D eigenvalue weighted by molar-refractivity contribution is 7.80. The maximum absolute atomic E-state index is 4.51. The van der Waals surface area contributed by atoms with Gasteiger partial charge in [0.1, 0.15) is 17.1 Å². The Hall–Kier alpha value is -3.22. The number of tetrazole rings is 2. The number of unbranched alkanes of at least 4 members (excludes halogenated alkanes) is 5. The van der Waals surface area contributed by atoms with Gasteiger partial charge in [0.05, 0.1) is 6.20 Å². The normalized spacial score (nSPS) is 11.2. The lowest BCUT2D eigenvalue weighted by molar-refractivity contribution is 0.517. The van der Waals surface area contributed by atoms with Crippen molar-refractivity contribution < 1.29 is 0 Å². The van der Waals surface area contributed by atoms with Crippen molar-refractivity contribution in [3.63, 3.8) is 0 Å². The summed E-state index contributed by atoms with van der Waals surface area (Å²) in [4.78, 5) is 4.51. The van der Waals surface area contributed by atoms with E-state index in [0.29, 0.717) is 23.0 Å². The molecule has 156 valence electrons. The molecule has 4 aromatic heterocycles. The van der Waals surface area contributed by atoms with E-state index < -0.39 is 0 Å². The van der Waals surface area contributed by atoms with E-state index >= 15 is 0 Å². The van der Waals surface area contributed by atoms with Crippen LogP contribution in [0.2, 0.25) is 0 Å². The van der Waals surface area contributed by atoms with Gasteiger partial charge in [0.15, 0.2) is 0 Å². The highest BCUT2D eigenvalue weighted by Gasteiger charge is 2.15. The second-order valence-electron chi connectivity index (χ2n) is 6.81. The molecule has 0 atom stereocenters. The van der Waals surface area contributed by atoms with Gasteiger partial charge in [-0.2, -0.15) is 23.1 Å². The minimum atomic E-state index is 0.368. The number of aryl methyl sites for hydroxylation is 1. The fourth-order valence-corrected chi connectivity index (χ4v) is 3.30. The third kappa shape index (κ3) is 5.03. The molecule has 0 spiro atoms. The van der Waals surface area contributed by atoms with E-state index in [9.17, 15) is 0 Å². The second kappa shape index (κ2) is 10.0. The molecule has 0 aliphatic rings. The zero-order chi connectivity index (χ0) is 20.6. The van der Waals surface area contributed by atoms with Crippen LogP contribution >= 0.6 is 12.6 Å². The molecule has 0 fully saturated rings. The summed E-state index contributed by atoms with van der Waals surface area (Å²) >= 11 is 4.25. The summed E-state index contributed by atoms with van der Waals surface area (Å²) in [6.07, 6.45) is 9.13. The third-order valence-corrected chi connectivity index (χ3v) is 4.92. The number of nitrogens with zero attached hydrogens (tertiary/aromatic N) is 10. The predicted molar refractivity (Wildman–Crippen MR) is 111 cm³/mol.